The molecule has 0 bridgehead atoms. The summed E-state index contributed by atoms with van der Waals surface area (Å²) in [5.41, 5.74) is 2.48. The molecule has 0 aromatic carbocycles. The monoisotopic (exact) mass is 382 g/mol. The fraction of sp³-hybridized carbons (Fsp3) is 0.619. The van der Waals surface area contributed by atoms with Crippen LogP contribution in [0.15, 0.2) is 21.5 Å². The summed E-state index contributed by atoms with van der Waals surface area (Å²) in [6, 6.07) is 3.77. The fourth-order valence-corrected chi connectivity index (χ4v) is 4.58. The largest absolute Gasteiger partial charge is 0.360 e. The molecule has 0 radical (unpaired) electrons. The van der Waals surface area contributed by atoms with Crippen molar-refractivity contribution in [3.05, 3.63) is 45.2 Å². The van der Waals surface area contributed by atoms with Crippen molar-refractivity contribution in [2.45, 2.75) is 82.2 Å². The molecular formula is C21H26N4O3. The number of nitrogens with zero attached hydrogens (tertiary/aromatic N) is 3. The van der Waals surface area contributed by atoms with Crippen molar-refractivity contribution in [2.75, 3.05) is 0 Å². The van der Waals surface area contributed by atoms with Crippen molar-refractivity contribution < 1.29 is 9.32 Å². The summed E-state index contributed by atoms with van der Waals surface area (Å²) in [6.45, 7) is 0. The van der Waals surface area contributed by atoms with Crippen LogP contribution in [-0.2, 0) is 12.8 Å². The van der Waals surface area contributed by atoms with Crippen LogP contribution in [0.25, 0.3) is 0 Å². The Morgan fingerprint density at radius 2 is 1.86 bits per heavy atom. The standard InChI is InChI=1S/C21H26N4O3/c26-19-12-11-17(13-5-6-13)23-25(19)15-9-7-14(8-10-15)22-21(27)20-16-3-1-2-4-18(16)28-24-20/h11-15H,1-10H2,(H,22,27). The van der Waals surface area contributed by atoms with Gasteiger partial charge in [-0.25, -0.2) is 4.68 Å². The Kier molecular flexibility index (Phi) is 4.53. The lowest BCUT2D eigenvalue weighted by molar-refractivity contribution is 0.0911. The van der Waals surface area contributed by atoms with Gasteiger partial charge in [0.15, 0.2) is 5.69 Å². The lowest BCUT2D eigenvalue weighted by Gasteiger charge is -2.29. The average Bonchev–Trinajstić information content (AvgIpc) is 3.47. The van der Waals surface area contributed by atoms with Gasteiger partial charge in [-0.2, -0.15) is 5.10 Å². The molecule has 3 aliphatic carbocycles. The van der Waals surface area contributed by atoms with E-state index < -0.39 is 0 Å². The van der Waals surface area contributed by atoms with Crippen molar-refractivity contribution in [3.63, 3.8) is 0 Å². The number of hydrogen-bond acceptors (Lipinski definition) is 5. The van der Waals surface area contributed by atoms with E-state index >= 15 is 0 Å². The molecule has 0 atom stereocenters. The van der Waals surface area contributed by atoms with E-state index in [9.17, 15) is 9.59 Å². The fourth-order valence-electron chi connectivity index (χ4n) is 4.58. The molecule has 148 valence electrons. The number of fused-ring (bicyclic) bond motifs is 1. The molecule has 0 spiro atoms. The maximum Gasteiger partial charge on any atom is 0.273 e. The van der Waals surface area contributed by atoms with Crippen molar-refractivity contribution in [1.82, 2.24) is 20.3 Å². The molecule has 3 aliphatic rings. The number of amides is 1. The van der Waals surface area contributed by atoms with Crippen LogP contribution < -0.4 is 10.9 Å². The molecule has 2 fully saturated rings. The highest BCUT2D eigenvalue weighted by Gasteiger charge is 2.30. The average molecular weight is 382 g/mol. The lowest BCUT2D eigenvalue weighted by atomic mass is 9.90. The van der Waals surface area contributed by atoms with Gasteiger partial charge in [0.1, 0.15) is 5.76 Å². The number of rotatable bonds is 4. The van der Waals surface area contributed by atoms with E-state index in [0.29, 0.717) is 11.6 Å². The van der Waals surface area contributed by atoms with Crippen LogP contribution in [0, 0.1) is 0 Å². The zero-order chi connectivity index (χ0) is 19.1. The molecule has 1 N–H and O–H groups in total. The first-order chi connectivity index (χ1) is 13.7. The maximum atomic E-state index is 12.7. The number of carbonyl (C=O) groups excluding carboxylic acids is 1. The van der Waals surface area contributed by atoms with E-state index in [1.165, 1.54) is 12.8 Å². The Labute approximate surface area is 163 Å². The first-order valence-electron chi connectivity index (χ1n) is 10.6. The third kappa shape index (κ3) is 3.38. The number of aryl methyl sites for hydroxylation is 1. The summed E-state index contributed by atoms with van der Waals surface area (Å²) >= 11 is 0. The summed E-state index contributed by atoms with van der Waals surface area (Å²) in [5.74, 6) is 1.29. The van der Waals surface area contributed by atoms with E-state index in [1.807, 2.05) is 6.07 Å². The Morgan fingerprint density at radius 3 is 2.64 bits per heavy atom. The SMILES string of the molecule is O=C(NC1CCC(n2nc(C3CC3)ccc2=O)CC1)c1noc2c1CCCC2. The van der Waals surface area contributed by atoms with Gasteiger partial charge in [0.25, 0.3) is 11.5 Å². The third-order valence-corrected chi connectivity index (χ3v) is 6.38. The highest BCUT2D eigenvalue weighted by Crippen LogP contribution is 2.38. The first-order valence-corrected chi connectivity index (χ1v) is 10.6. The van der Waals surface area contributed by atoms with Gasteiger partial charge < -0.3 is 9.84 Å². The second-order valence-electron chi connectivity index (χ2n) is 8.43. The highest BCUT2D eigenvalue weighted by molar-refractivity contribution is 5.94. The molecule has 2 aromatic rings. The van der Waals surface area contributed by atoms with Crippen LogP contribution >= 0.6 is 0 Å². The number of aromatic nitrogens is 3. The molecule has 28 heavy (non-hydrogen) atoms. The molecule has 5 rings (SSSR count). The van der Waals surface area contributed by atoms with Crippen LogP contribution in [0.3, 0.4) is 0 Å². The van der Waals surface area contributed by atoms with Gasteiger partial charge >= 0.3 is 0 Å². The smallest absolute Gasteiger partial charge is 0.273 e. The zero-order valence-corrected chi connectivity index (χ0v) is 16.0. The van der Waals surface area contributed by atoms with E-state index in [-0.39, 0.29) is 23.6 Å². The lowest BCUT2D eigenvalue weighted by Crippen LogP contribution is -2.40. The summed E-state index contributed by atoms with van der Waals surface area (Å²) in [7, 11) is 0. The Morgan fingerprint density at radius 1 is 1.07 bits per heavy atom. The summed E-state index contributed by atoms with van der Waals surface area (Å²) < 4.78 is 7.04. The van der Waals surface area contributed by atoms with Crippen LogP contribution in [0.2, 0.25) is 0 Å². The molecule has 1 amide bonds. The quantitative estimate of drug-likeness (QED) is 0.878. The highest BCUT2D eigenvalue weighted by atomic mass is 16.5. The van der Waals surface area contributed by atoms with Crippen molar-refractivity contribution in [2.24, 2.45) is 0 Å². The topological polar surface area (TPSA) is 90.0 Å². The molecule has 2 saturated carbocycles. The minimum Gasteiger partial charge on any atom is -0.360 e. The molecule has 0 aliphatic heterocycles. The van der Waals surface area contributed by atoms with Crippen molar-refractivity contribution in [1.29, 1.82) is 0 Å². The predicted octanol–water partition coefficient (Wildman–Crippen LogP) is 2.90. The number of nitrogens with one attached hydrogen (secondary N) is 1. The van der Waals surface area contributed by atoms with Gasteiger partial charge in [0.2, 0.25) is 0 Å². The third-order valence-electron chi connectivity index (χ3n) is 6.38. The van der Waals surface area contributed by atoms with Gasteiger partial charge in [0, 0.05) is 30.0 Å². The van der Waals surface area contributed by atoms with Crippen LogP contribution in [0.1, 0.15) is 90.8 Å². The van der Waals surface area contributed by atoms with E-state index in [0.717, 1.165) is 68.4 Å². The van der Waals surface area contributed by atoms with Crippen molar-refractivity contribution in [3.8, 4) is 0 Å². The normalized spacial score (nSPS) is 24.6. The first kappa shape index (κ1) is 17.6. The second kappa shape index (κ2) is 7.18. The van der Waals surface area contributed by atoms with Gasteiger partial charge in [-0.3, -0.25) is 9.59 Å². The number of carbonyl (C=O) groups is 1. The molecule has 2 heterocycles. The van der Waals surface area contributed by atoms with Crippen molar-refractivity contribution >= 4 is 5.91 Å². The van der Waals surface area contributed by atoms with E-state index in [1.54, 1.807) is 10.7 Å². The summed E-state index contributed by atoms with van der Waals surface area (Å²) in [5, 5.41) is 11.8. The summed E-state index contributed by atoms with van der Waals surface area (Å²) in [6.07, 6.45) is 9.68. The maximum absolute atomic E-state index is 12.7. The molecule has 2 aromatic heterocycles. The van der Waals surface area contributed by atoms with Crippen LogP contribution in [0.5, 0.6) is 0 Å². The molecular weight excluding hydrogens is 356 g/mol. The van der Waals surface area contributed by atoms with Gasteiger partial charge in [-0.15, -0.1) is 0 Å². The van der Waals surface area contributed by atoms with Gasteiger partial charge in [-0.1, -0.05) is 5.16 Å². The van der Waals surface area contributed by atoms with E-state index in [2.05, 4.69) is 15.6 Å². The number of hydrogen-bond donors (Lipinski definition) is 1. The Balaban J connectivity index is 1.22. The van der Waals surface area contributed by atoms with E-state index in [4.69, 9.17) is 4.52 Å². The predicted molar refractivity (Wildman–Crippen MR) is 102 cm³/mol. The molecule has 7 nitrogen and oxygen atoms in total. The Hall–Kier alpha value is -2.44. The van der Waals surface area contributed by atoms with Gasteiger partial charge in [0.05, 0.1) is 11.7 Å². The summed E-state index contributed by atoms with van der Waals surface area (Å²) in [4.78, 5) is 25.0. The Bertz CT molecular complexity index is 935. The minimum absolute atomic E-state index is 0.0221. The van der Waals surface area contributed by atoms with Gasteiger partial charge in [-0.05, 0) is 63.9 Å². The molecule has 7 heteroatoms. The molecule has 0 saturated heterocycles. The zero-order valence-electron chi connectivity index (χ0n) is 16.0. The second-order valence-corrected chi connectivity index (χ2v) is 8.43. The molecule has 0 unspecified atom stereocenters. The van der Waals surface area contributed by atoms with Crippen LogP contribution in [-0.4, -0.2) is 26.9 Å². The minimum atomic E-state index is -0.124. The van der Waals surface area contributed by atoms with Crippen LogP contribution in [0.4, 0.5) is 0 Å².